The molecule has 222 valence electrons. The molecule has 9 nitrogen and oxygen atoms in total. The molecule has 3 aromatic carbocycles. The molecule has 4 rings (SSSR count). The largest absolute Gasteiger partial charge is 0.497 e. The number of aliphatic hydroxyl groups is 1. The number of Topliss-reactive ketones (excluding diaryl/α,β-unsaturated/α-hetero) is 1. The zero-order valence-electron chi connectivity index (χ0n) is 24.4. The molecular weight excluding hydrogens is 539 g/mol. The van der Waals surface area contributed by atoms with E-state index in [4.69, 9.17) is 28.4 Å². The standard InChI is InChI=1S/C32H37BO9/c1-21(34)9-18-28(35)39-20-40-30-29(36)27(42-31(30)33)19-41-32(22-7-5-4-6-8-22,23-10-14-25(37-2)15-11-23)24-12-16-26(38-3)17-13-24/h4-8,10-17,27,29-31,36H,9,18-20,33H2,1-3H3/t27-,29?,30+,31-/m1/s1. The number of carbonyl (C=O) groups is 2. The van der Waals surface area contributed by atoms with Crippen molar-refractivity contribution in [3.05, 3.63) is 95.6 Å². The minimum absolute atomic E-state index is 0.0211. The summed E-state index contributed by atoms with van der Waals surface area (Å²) in [5, 5.41) is 11.2. The smallest absolute Gasteiger partial charge is 0.308 e. The first-order valence-electron chi connectivity index (χ1n) is 13.9. The van der Waals surface area contributed by atoms with Crippen molar-refractivity contribution in [2.24, 2.45) is 0 Å². The maximum absolute atomic E-state index is 11.9. The zero-order valence-corrected chi connectivity index (χ0v) is 24.4. The summed E-state index contributed by atoms with van der Waals surface area (Å²) >= 11 is 0. The van der Waals surface area contributed by atoms with Crippen LogP contribution < -0.4 is 9.47 Å². The molecule has 1 saturated heterocycles. The molecule has 4 atom stereocenters. The lowest BCUT2D eigenvalue weighted by Crippen LogP contribution is -2.40. The molecule has 1 aliphatic heterocycles. The number of ether oxygens (including phenoxy) is 6. The molecular formula is C32H37BO9. The number of rotatable bonds is 14. The van der Waals surface area contributed by atoms with Gasteiger partial charge in [0, 0.05) is 6.42 Å². The molecule has 10 heteroatoms. The summed E-state index contributed by atoms with van der Waals surface area (Å²) in [6, 6.07) is 24.7. The van der Waals surface area contributed by atoms with Crippen molar-refractivity contribution in [1.82, 2.24) is 0 Å². The van der Waals surface area contributed by atoms with Gasteiger partial charge < -0.3 is 38.3 Å². The minimum atomic E-state index is -1.07. The molecule has 1 unspecified atom stereocenters. The first-order valence-corrected chi connectivity index (χ1v) is 13.9. The second-order valence-corrected chi connectivity index (χ2v) is 10.2. The van der Waals surface area contributed by atoms with Crippen LogP contribution in [0.1, 0.15) is 36.5 Å². The fourth-order valence-electron chi connectivity index (χ4n) is 5.10. The Morgan fingerprint density at radius 3 is 1.93 bits per heavy atom. The molecule has 0 amide bonds. The van der Waals surface area contributed by atoms with E-state index in [1.807, 2.05) is 78.9 Å². The van der Waals surface area contributed by atoms with Gasteiger partial charge in [-0.2, -0.15) is 0 Å². The molecule has 1 fully saturated rings. The van der Waals surface area contributed by atoms with Crippen molar-refractivity contribution in [1.29, 1.82) is 0 Å². The van der Waals surface area contributed by atoms with E-state index in [2.05, 4.69) is 0 Å². The van der Waals surface area contributed by atoms with Crippen LogP contribution in [0.4, 0.5) is 0 Å². The van der Waals surface area contributed by atoms with Gasteiger partial charge in [-0.05, 0) is 47.9 Å². The average Bonchev–Trinajstić information content (AvgIpc) is 3.29. The summed E-state index contributed by atoms with van der Waals surface area (Å²) in [6.45, 7) is 1.08. The third kappa shape index (κ3) is 7.20. The fourth-order valence-corrected chi connectivity index (χ4v) is 5.10. The predicted octanol–water partition coefficient (Wildman–Crippen LogP) is 2.99. The van der Waals surface area contributed by atoms with Gasteiger partial charge in [0.1, 0.15) is 49.0 Å². The Labute approximate surface area is 247 Å². The molecule has 3 aromatic rings. The Bertz CT molecular complexity index is 1250. The quantitative estimate of drug-likeness (QED) is 0.134. The van der Waals surface area contributed by atoms with Crippen LogP contribution in [0.2, 0.25) is 0 Å². The van der Waals surface area contributed by atoms with Gasteiger partial charge in [0.2, 0.25) is 0 Å². The molecule has 0 saturated carbocycles. The Morgan fingerprint density at radius 1 is 0.857 bits per heavy atom. The van der Waals surface area contributed by atoms with Crippen LogP contribution in [0.25, 0.3) is 0 Å². The third-order valence-electron chi connectivity index (χ3n) is 7.37. The number of hydrogen-bond donors (Lipinski definition) is 1. The lowest BCUT2D eigenvalue weighted by molar-refractivity contribution is -0.166. The molecule has 42 heavy (non-hydrogen) atoms. The van der Waals surface area contributed by atoms with E-state index in [0.29, 0.717) is 11.5 Å². The number of methoxy groups -OCH3 is 2. The molecule has 1 aliphatic rings. The van der Waals surface area contributed by atoms with Gasteiger partial charge in [0.05, 0.1) is 33.3 Å². The van der Waals surface area contributed by atoms with Crippen molar-refractivity contribution in [2.75, 3.05) is 27.6 Å². The van der Waals surface area contributed by atoms with Crippen LogP contribution in [-0.4, -0.2) is 76.6 Å². The number of ketones is 1. The van der Waals surface area contributed by atoms with Crippen LogP contribution in [0.15, 0.2) is 78.9 Å². The lowest BCUT2D eigenvalue weighted by Gasteiger charge is -2.37. The van der Waals surface area contributed by atoms with E-state index in [1.54, 1.807) is 22.1 Å². The van der Waals surface area contributed by atoms with Crippen molar-refractivity contribution in [3.63, 3.8) is 0 Å². The van der Waals surface area contributed by atoms with Crippen LogP contribution >= 0.6 is 0 Å². The maximum atomic E-state index is 11.9. The van der Waals surface area contributed by atoms with E-state index in [9.17, 15) is 14.7 Å². The Balaban J connectivity index is 1.58. The normalized spacial score (nSPS) is 20.2. The van der Waals surface area contributed by atoms with Gasteiger partial charge in [-0.3, -0.25) is 4.79 Å². The highest BCUT2D eigenvalue weighted by molar-refractivity contribution is 6.11. The van der Waals surface area contributed by atoms with Crippen molar-refractivity contribution < 1.29 is 43.1 Å². The highest BCUT2D eigenvalue weighted by Crippen LogP contribution is 2.42. The number of carbonyl (C=O) groups excluding carboxylic acids is 2. The zero-order chi connectivity index (χ0) is 30.1. The Hall–Kier alpha value is -3.70. The predicted molar refractivity (Wildman–Crippen MR) is 157 cm³/mol. The van der Waals surface area contributed by atoms with E-state index in [1.165, 1.54) is 6.92 Å². The topological polar surface area (TPSA) is 110 Å². The van der Waals surface area contributed by atoms with E-state index in [0.717, 1.165) is 16.7 Å². The van der Waals surface area contributed by atoms with Crippen molar-refractivity contribution in [2.45, 2.75) is 49.7 Å². The molecule has 0 aliphatic carbocycles. The SMILES string of the molecule is B[C@@H]1O[C@H](COC(c2ccccc2)(c2ccc(OC)cc2)c2ccc(OC)cc2)C(O)[C@@H]1OCOC(=O)CCC(C)=O. The summed E-state index contributed by atoms with van der Waals surface area (Å²) in [7, 11) is 5.01. The van der Waals surface area contributed by atoms with Gasteiger partial charge in [0.25, 0.3) is 0 Å². The van der Waals surface area contributed by atoms with Gasteiger partial charge >= 0.3 is 5.97 Å². The minimum Gasteiger partial charge on any atom is -0.497 e. The summed E-state index contributed by atoms with van der Waals surface area (Å²) in [4.78, 5) is 23.0. The van der Waals surface area contributed by atoms with Gasteiger partial charge in [-0.1, -0.05) is 54.6 Å². The average molecular weight is 576 g/mol. The molecule has 1 heterocycles. The van der Waals surface area contributed by atoms with Gasteiger partial charge in [-0.25, -0.2) is 0 Å². The highest BCUT2D eigenvalue weighted by atomic mass is 16.7. The van der Waals surface area contributed by atoms with Crippen LogP contribution in [0.3, 0.4) is 0 Å². The summed E-state index contributed by atoms with van der Waals surface area (Å²) in [6.07, 6.45) is -2.43. The van der Waals surface area contributed by atoms with E-state index in [-0.39, 0.29) is 32.0 Å². The van der Waals surface area contributed by atoms with Crippen LogP contribution in [-0.2, 0) is 34.1 Å². The summed E-state index contributed by atoms with van der Waals surface area (Å²) in [5.41, 5.74) is 1.51. The first-order chi connectivity index (χ1) is 20.3. The van der Waals surface area contributed by atoms with Crippen LogP contribution in [0.5, 0.6) is 11.5 Å². The van der Waals surface area contributed by atoms with E-state index >= 15 is 0 Å². The molecule has 0 spiro atoms. The first kappa shape index (κ1) is 31.2. The van der Waals surface area contributed by atoms with Crippen molar-refractivity contribution >= 4 is 19.6 Å². The van der Waals surface area contributed by atoms with Crippen LogP contribution in [0, 0.1) is 0 Å². The number of hydrogen-bond acceptors (Lipinski definition) is 9. The number of aliphatic hydroxyl groups excluding tert-OH is 1. The maximum Gasteiger partial charge on any atom is 0.308 e. The summed E-state index contributed by atoms with van der Waals surface area (Å²) < 4.78 is 34.5. The molecule has 1 N–H and O–H groups in total. The Kier molecular flexibility index (Phi) is 10.8. The molecule has 0 bridgehead atoms. The second-order valence-electron chi connectivity index (χ2n) is 10.2. The second kappa shape index (κ2) is 14.5. The highest BCUT2D eigenvalue weighted by Gasteiger charge is 2.45. The van der Waals surface area contributed by atoms with Gasteiger partial charge in [-0.15, -0.1) is 0 Å². The third-order valence-corrected chi connectivity index (χ3v) is 7.37. The van der Waals surface area contributed by atoms with Crippen molar-refractivity contribution in [3.8, 4) is 11.5 Å². The van der Waals surface area contributed by atoms with E-state index < -0.39 is 35.9 Å². The monoisotopic (exact) mass is 576 g/mol. The Morgan fingerprint density at radius 2 is 1.40 bits per heavy atom. The molecule has 0 aromatic heterocycles. The number of esters is 1. The summed E-state index contributed by atoms with van der Waals surface area (Å²) in [5.74, 6) is 0.777. The fraction of sp³-hybridized carbons (Fsp3) is 0.375. The van der Waals surface area contributed by atoms with Gasteiger partial charge in [0.15, 0.2) is 6.79 Å². The number of benzene rings is 3. The lowest BCUT2D eigenvalue weighted by atomic mass is 9.80. The molecule has 0 radical (unpaired) electrons.